The van der Waals surface area contributed by atoms with Crippen molar-refractivity contribution in [2.45, 2.75) is 20.0 Å². The zero-order valence-electron chi connectivity index (χ0n) is 6.66. The number of ether oxygens (including phenoxy) is 1. The van der Waals surface area contributed by atoms with Crippen molar-refractivity contribution in [3.8, 4) is 0 Å². The Kier molecular flexibility index (Phi) is 2.24. The summed E-state index contributed by atoms with van der Waals surface area (Å²) >= 11 is 0. The first kappa shape index (κ1) is 8.20. The van der Waals surface area contributed by atoms with E-state index in [0.29, 0.717) is 12.4 Å². The van der Waals surface area contributed by atoms with Gasteiger partial charge >= 0.3 is 11.8 Å². The van der Waals surface area contributed by atoms with Crippen LogP contribution in [0, 0.1) is 0 Å². The molecule has 0 aromatic heterocycles. The van der Waals surface area contributed by atoms with Crippen molar-refractivity contribution >= 4 is 11.8 Å². The standard InChI is InChI=1S/C7H11NO3/c1-5(10)8-3-7(4-9)11-6(8)2/h7H,3-4H2,1-2H3. The fraction of sp³-hybridized carbons (Fsp3) is 0.714. The van der Waals surface area contributed by atoms with E-state index in [0.717, 1.165) is 0 Å². The number of amides is 1. The normalized spacial score (nSPS) is 23.7. The van der Waals surface area contributed by atoms with Crippen molar-refractivity contribution in [3.63, 3.8) is 0 Å². The first-order valence-corrected chi connectivity index (χ1v) is 3.51. The molecule has 1 aliphatic rings. The minimum absolute atomic E-state index is 0.0709. The average molecular weight is 157 g/mol. The fourth-order valence-electron chi connectivity index (χ4n) is 1.11. The predicted octanol–water partition coefficient (Wildman–Crippen LogP) is -1.28. The first-order valence-electron chi connectivity index (χ1n) is 3.51. The minimum atomic E-state index is -0.348. The summed E-state index contributed by atoms with van der Waals surface area (Å²) in [6.45, 7) is 3.27. The number of hydrogen-bond donors (Lipinski definition) is 0. The molecule has 0 spiro atoms. The molecule has 62 valence electrons. The summed E-state index contributed by atoms with van der Waals surface area (Å²) in [5.41, 5.74) is 0. The van der Waals surface area contributed by atoms with Crippen LogP contribution in [0.5, 0.6) is 0 Å². The Morgan fingerprint density at radius 2 is 2.55 bits per heavy atom. The molecule has 1 rings (SSSR count). The van der Waals surface area contributed by atoms with E-state index in [1.807, 2.05) is 0 Å². The summed E-state index contributed by atoms with van der Waals surface area (Å²) in [5, 5.41) is 10.4. The van der Waals surface area contributed by atoms with Crippen LogP contribution in [0.15, 0.2) is 0 Å². The Morgan fingerprint density at radius 1 is 1.91 bits per heavy atom. The summed E-state index contributed by atoms with van der Waals surface area (Å²) in [7, 11) is 0. The Bertz CT molecular complexity index is 210. The molecule has 0 aromatic rings. The number of hydrogen-bond acceptors (Lipinski definition) is 3. The van der Waals surface area contributed by atoms with Crippen LogP contribution in [0.4, 0.5) is 0 Å². The molecule has 0 aromatic carbocycles. The van der Waals surface area contributed by atoms with Gasteiger partial charge in [0.25, 0.3) is 0 Å². The van der Waals surface area contributed by atoms with Gasteiger partial charge in [0.2, 0.25) is 0 Å². The Labute approximate surface area is 65.1 Å². The van der Waals surface area contributed by atoms with Crippen LogP contribution in [0.1, 0.15) is 13.8 Å². The van der Waals surface area contributed by atoms with Crippen LogP contribution in [0.3, 0.4) is 0 Å². The number of nitrogens with zero attached hydrogens (tertiary/aromatic N) is 1. The third-order valence-corrected chi connectivity index (χ3v) is 1.67. The smallest absolute Gasteiger partial charge is 0.386 e. The lowest BCUT2D eigenvalue weighted by Gasteiger charge is -2.07. The van der Waals surface area contributed by atoms with Crippen molar-refractivity contribution < 1.29 is 19.2 Å². The number of carbonyl (C=O) groups is 1. The van der Waals surface area contributed by atoms with Gasteiger partial charge in [-0.25, -0.2) is 4.79 Å². The molecule has 1 atom stereocenters. The van der Waals surface area contributed by atoms with Gasteiger partial charge in [-0.15, -0.1) is 4.58 Å². The molecule has 0 radical (unpaired) electrons. The Hall–Kier alpha value is -0.900. The quantitative estimate of drug-likeness (QED) is 0.446. The molecule has 1 heterocycles. The Morgan fingerprint density at radius 3 is 2.82 bits per heavy atom. The van der Waals surface area contributed by atoms with Gasteiger partial charge in [-0.2, -0.15) is 0 Å². The molecule has 0 N–H and O–H groups in total. The van der Waals surface area contributed by atoms with Gasteiger partial charge in [0.05, 0.1) is 13.8 Å². The van der Waals surface area contributed by atoms with E-state index >= 15 is 0 Å². The van der Waals surface area contributed by atoms with Gasteiger partial charge in [0, 0.05) is 0 Å². The van der Waals surface area contributed by atoms with E-state index in [9.17, 15) is 9.90 Å². The molecule has 0 aliphatic carbocycles. The largest absolute Gasteiger partial charge is 0.852 e. The molecule has 1 aliphatic heterocycles. The highest BCUT2D eigenvalue weighted by atomic mass is 16.5. The van der Waals surface area contributed by atoms with Crippen molar-refractivity contribution in [3.05, 3.63) is 0 Å². The molecule has 4 nitrogen and oxygen atoms in total. The van der Waals surface area contributed by atoms with Crippen LogP contribution in [-0.4, -0.2) is 35.6 Å². The lowest BCUT2D eigenvalue weighted by molar-refractivity contribution is -0.451. The van der Waals surface area contributed by atoms with Crippen molar-refractivity contribution in [2.24, 2.45) is 0 Å². The summed E-state index contributed by atoms with van der Waals surface area (Å²) in [4.78, 5) is 10.8. The van der Waals surface area contributed by atoms with E-state index in [2.05, 4.69) is 0 Å². The SMILES string of the molecule is CC(=O)[N+]1=C(C)OC(C[O-])C1. The highest BCUT2D eigenvalue weighted by Gasteiger charge is 2.30. The van der Waals surface area contributed by atoms with Gasteiger partial charge in [-0.3, -0.25) is 0 Å². The van der Waals surface area contributed by atoms with Crippen LogP contribution < -0.4 is 5.11 Å². The summed E-state index contributed by atoms with van der Waals surface area (Å²) in [6.07, 6.45) is -0.348. The second-order valence-corrected chi connectivity index (χ2v) is 2.56. The number of rotatable bonds is 1. The van der Waals surface area contributed by atoms with Gasteiger partial charge in [-0.1, -0.05) is 6.61 Å². The van der Waals surface area contributed by atoms with Gasteiger partial charge in [-0.05, 0) is 0 Å². The van der Waals surface area contributed by atoms with Gasteiger partial charge in [0.15, 0.2) is 6.54 Å². The molecule has 1 amide bonds. The van der Waals surface area contributed by atoms with Crippen LogP contribution in [-0.2, 0) is 9.53 Å². The fourth-order valence-corrected chi connectivity index (χ4v) is 1.11. The molecule has 0 saturated heterocycles. The van der Waals surface area contributed by atoms with Crippen molar-refractivity contribution in [1.82, 2.24) is 0 Å². The zero-order valence-corrected chi connectivity index (χ0v) is 6.66. The molecular weight excluding hydrogens is 146 g/mol. The second-order valence-electron chi connectivity index (χ2n) is 2.56. The van der Waals surface area contributed by atoms with Gasteiger partial charge < -0.3 is 9.84 Å². The van der Waals surface area contributed by atoms with E-state index in [1.54, 1.807) is 6.92 Å². The van der Waals surface area contributed by atoms with Crippen LogP contribution >= 0.6 is 0 Å². The predicted molar refractivity (Wildman–Crippen MR) is 36.2 cm³/mol. The molecule has 0 saturated carbocycles. The minimum Gasteiger partial charge on any atom is -0.852 e. The van der Waals surface area contributed by atoms with E-state index < -0.39 is 0 Å². The maximum atomic E-state index is 10.8. The second kappa shape index (κ2) is 3.00. The molecular formula is C7H11NO3. The highest BCUT2D eigenvalue weighted by molar-refractivity contribution is 5.77. The maximum Gasteiger partial charge on any atom is 0.386 e. The topological polar surface area (TPSA) is 52.4 Å². The highest BCUT2D eigenvalue weighted by Crippen LogP contribution is 2.02. The van der Waals surface area contributed by atoms with Crippen molar-refractivity contribution in [2.75, 3.05) is 13.2 Å². The molecule has 0 bridgehead atoms. The average Bonchev–Trinajstić information content (AvgIpc) is 2.30. The third-order valence-electron chi connectivity index (χ3n) is 1.67. The van der Waals surface area contributed by atoms with Crippen LogP contribution in [0.25, 0.3) is 0 Å². The van der Waals surface area contributed by atoms with E-state index in [1.165, 1.54) is 11.5 Å². The molecule has 11 heavy (non-hydrogen) atoms. The van der Waals surface area contributed by atoms with Crippen molar-refractivity contribution in [1.29, 1.82) is 0 Å². The summed E-state index contributed by atoms with van der Waals surface area (Å²) in [5.74, 6) is 0.469. The summed E-state index contributed by atoms with van der Waals surface area (Å²) in [6, 6.07) is 0. The van der Waals surface area contributed by atoms with E-state index in [4.69, 9.17) is 4.74 Å². The third kappa shape index (κ3) is 1.57. The lowest BCUT2D eigenvalue weighted by Crippen LogP contribution is -2.29. The van der Waals surface area contributed by atoms with Crippen LogP contribution in [0.2, 0.25) is 0 Å². The monoisotopic (exact) mass is 157 g/mol. The number of carbonyl (C=O) groups excluding carboxylic acids is 1. The lowest BCUT2D eigenvalue weighted by atomic mass is 10.4. The molecule has 4 heteroatoms. The zero-order chi connectivity index (χ0) is 8.43. The molecule has 1 unspecified atom stereocenters. The molecule has 0 fully saturated rings. The first-order chi connectivity index (χ1) is 5.15. The van der Waals surface area contributed by atoms with E-state index in [-0.39, 0.29) is 18.6 Å². The van der Waals surface area contributed by atoms with Gasteiger partial charge in [0.1, 0.15) is 6.10 Å². The summed E-state index contributed by atoms with van der Waals surface area (Å²) < 4.78 is 6.57. The maximum absolute atomic E-state index is 10.8. The Balaban J connectivity index is 2.67.